The van der Waals surface area contributed by atoms with Crippen molar-refractivity contribution in [1.29, 1.82) is 0 Å². The molecule has 3 heterocycles. The molecule has 0 spiro atoms. The van der Waals surface area contributed by atoms with E-state index in [2.05, 4.69) is 20.2 Å². The minimum Gasteiger partial charge on any atom is -0.497 e. The fourth-order valence-electron chi connectivity index (χ4n) is 2.99. The molecule has 0 bridgehead atoms. The summed E-state index contributed by atoms with van der Waals surface area (Å²) in [5, 5.41) is 5.11. The highest BCUT2D eigenvalue weighted by Crippen LogP contribution is 2.30. The van der Waals surface area contributed by atoms with Crippen LogP contribution in [0, 0.1) is 0 Å². The van der Waals surface area contributed by atoms with Crippen LogP contribution in [-0.4, -0.2) is 42.1 Å². The summed E-state index contributed by atoms with van der Waals surface area (Å²) in [6, 6.07) is 9.75. The normalized spacial score (nSPS) is 14.4. The molecule has 25 heavy (non-hydrogen) atoms. The number of fused-ring (bicyclic) bond motifs is 1. The maximum atomic E-state index is 12.2. The molecular weight excluding hydrogens is 336 g/mol. The van der Waals surface area contributed by atoms with Gasteiger partial charge in [0.2, 0.25) is 5.91 Å². The zero-order valence-corrected chi connectivity index (χ0v) is 14.6. The molecule has 6 nitrogen and oxygen atoms in total. The molecule has 0 radical (unpaired) electrons. The highest BCUT2D eigenvalue weighted by Gasteiger charge is 2.30. The summed E-state index contributed by atoms with van der Waals surface area (Å²) in [5.41, 5.74) is 1.92. The topological polar surface area (TPSA) is 67.3 Å². The number of nitrogens with zero attached hydrogens (tertiary/aromatic N) is 3. The summed E-state index contributed by atoms with van der Waals surface area (Å²) >= 11 is 1.65. The average molecular weight is 354 g/mol. The van der Waals surface area contributed by atoms with Gasteiger partial charge < -0.3 is 15.0 Å². The first-order valence-corrected chi connectivity index (χ1v) is 8.96. The molecule has 3 aromatic rings. The number of nitrogens with one attached hydrogen (secondary N) is 1. The van der Waals surface area contributed by atoms with Crippen LogP contribution in [0.25, 0.3) is 10.2 Å². The predicted octanol–water partition coefficient (Wildman–Crippen LogP) is 2.25. The Morgan fingerprint density at radius 1 is 1.36 bits per heavy atom. The number of carbonyl (C=O) groups is 1. The van der Waals surface area contributed by atoms with Gasteiger partial charge in [0.15, 0.2) is 0 Å². The van der Waals surface area contributed by atoms with Crippen molar-refractivity contribution in [3.05, 3.63) is 47.6 Å². The van der Waals surface area contributed by atoms with Gasteiger partial charge >= 0.3 is 0 Å². The number of thiophene rings is 1. The minimum atomic E-state index is 0.0295. The average Bonchev–Trinajstić information content (AvgIpc) is 3.07. The lowest BCUT2D eigenvalue weighted by Gasteiger charge is -2.40. The van der Waals surface area contributed by atoms with Crippen LogP contribution < -0.4 is 15.0 Å². The number of methoxy groups -OCH3 is 1. The second kappa shape index (κ2) is 6.68. The first kappa shape index (κ1) is 15.8. The molecule has 128 valence electrons. The van der Waals surface area contributed by atoms with Crippen LogP contribution in [0.3, 0.4) is 0 Å². The van der Waals surface area contributed by atoms with Crippen molar-refractivity contribution in [1.82, 2.24) is 15.3 Å². The SMILES string of the molecule is COc1cccc(CC(=O)NC2CN(c3ncnc4ccsc34)C2)c1. The number of amides is 1. The van der Waals surface area contributed by atoms with E-state index in [1.807, 2.05) is 35.7 Å². The zero-order chi connectivity index (χ0) is 17.2. The monoisotopic (exact) mass is 354 g/mol. The van der Waals surface area contributed by atoms with Crippen molar-refractivity contribution in [3.8, 4) is 5.75 Å². The number of hydrogen-bond donors (Lipinski definition) is 1. The molecule has 1 saturated heterocycles. The number of aromatic nitrogens is 2. The van der Waals surface area contributed by atoms with Gasteiger partial charge in [0.05, 0.1) is 29.8 Å². The molecule has 1 amide bonds. The molecule has 1 N–H and O–H groups in total. The Balaban J connectivity index is 1.33. The van der Waals surface area contributed by atoms with Crippen LogP contribution in [0.4, 0.5) is 5.82 Å². The number of anilines is 1. The van der Waals surface area contributed by atoms with Gasteiger partial charge in [-0.05, 0) is 29.1 Å². The van der Waals surface area contributed by atoms with Crippen LogP contribution in [0.5, 0.6) is 5.75 Å². The van der Waals surface area contributed by atoms with E-state index >= 15 is 0 Å². The Bertz CT molecular complexity index is 905. The van der Waals surface area contributed by atoms with Gasteiger partial charge in [0, 0.05) is 13.1 Å². The van der Waals surface area contributed by atoms with Crippen molar-refractivity contribution >= 4 is 33.3 Å². The van der Waals surface area contributed by atoms with Crippen LogP contribution in [0.15, 0.2) is 42.0 Å². The Labute approximate surface area is 149 Å². The maximum Gasteiger partial charge on any atom is 0.224 e. The molecule has 2 aromatic heterocycles. The first-order chi connectivity index (χ1) is 12.2. The first-order valence-electron chi connectivity index (χ1n) is 8.08. The van der Waals surface area contributed by atoms with Crippen LogP contribution in [-0.2, 0) is 11.2 Å². The molecular formula is C18H18N4O2S. The molecule has 0 aliphatic carbocycles. The van der Waals surface area contributed by atoms with Crippen LogP contribution in [0.1, 0.15) is 5.56 Å². The van der Waals surface area contributed by atoms with E-state index in [4.69, 9.17) is 4.74 Å². The number of carbonyl (C=O) groups excluding carboxylic acids is 1. The van der Waals surface area contributed by atoms with Gasteiger partial charge in [-0.1, -0.05) is 12.1 Å². The molecule has 0 saturated carbocycles. The molecule has 7 heteroatoms. The summed E-state index contributed by atoms with van der Waals surface area (Å²) in [4.78, 5) is 23.1. The van der Waals surface area contributed by atoms with E-state index < -0.39 is 0 Å². The quantitative estimate of drug-likeness (QED) is 0.761. The highest BCUT2D eigenvalue weighted by atomic mass is 32.1. The minimum absolute atomic E-state index is 0.0295. The van der Waals surface area contributed by atoms with Gasteiger partial charge in [-0.25, -0.2) is 9.97 Å². The summed E-state index contributed by atoms with van der Waals surface area (Å²) in [7, 11) is 1.62. The standard InChI is InChI=1S/C18H18N4O2S/c1-24-14-4-2-3-12(7-14)8-16(23)21-13-9-22(10-13)18-17-15(5-6-25-17)19-11-20-18/h2-7,11,13H,8-10H2,1H3,(H,21,23). The van der Waals surface area contributed by atoms with Crippen LogP contribution in [0.2, 0.25) is 0 Å². The summed E-state index contributed by atoms with van der Waals surface area (Å²) in [6.07, 6.45) is 1.95. The van der Waals surface area contributed by atoms with Crippen LogP contribution >= 0.6 is 11.3 Å². The van der Waals surface area contributed by atoms with Crippen molar-refractivity contribution in [2.24, 2.45) is 0 Å². The molecule has 0 unspecified atom stereocenters. The molecule has 0 atom stereocenters. The number of ether oxygens (including phenoxy) is 1. The van der Waals surface area contributed by atoms with Gasteiger partial charge in [-0.3, -0.25) is 4.79 Å². The Kier molecular flexibility index (Phi) is 4.23. The van der Waals surface area contributed by atoms with Gasteiger partial charge in [0.1, 0.15) is 17.9 Å². The third-order valence-corrected chi connectivity index (χ3v) is 5.17. The van der Waals surface area contributed by atoms with Gasteiger partial charge in [-0.2, -0.15) is 0 Å². The van der Waals surface area contributed by atoms with Crippen molar-refractivity contribution in [3.63, 3.8) is 0 Å². The van der Waals surface area contributed by atoms with E-state index in [9.17, 15) is 4.79 Å². The number of hydrogen-bond acceptors (Lipinski definition) is 6. The summed E-state index contributed by atoms with van der Waals surface area (Å²) in [5.74, 6) is 1.75. The Hall–Kier alpha value is -2.67. The van der Waals surface area contributed by atoms with E-state index in [0.29, 0.717) is 6.42 Å². The fourth-order valence-corrected chi connectivity index (χ4v) is 3.85. The lowest BCUT2D eigenvalue weighted by atomic mass is 10.1. The fraction of sp³-hybridized carbons (Fsp3) is 0.278. The molecule has 1 fully saturated rings. The Morgan fingerprint density at radius 2 is 2.24 bits per heavy atom. The smallest absolute Gasteiger partial charge is 0.224 e. The van der Waals surface area contributed by atoms with E-state index in [1.54, 1.807) is 24.8 Å². The molecule has 1 aliphatic heterocycles. The van der Waals surface area contributed by atoms with Crippen molar-refractivity contribution in [2.75, 3.05) is 25.1 Å². The third-order valence-electron chi connectivity index (χ3n) is 4.27. The molecule has 4 rings (SSSR count). The van der Waals surface area contributed by atoms with Crippen molar-refractivity contribution < 1.29 is 9.53 Å². The lowest BCUT2D eigenvalue weighted by molar-refractivity contribution is -0.121. The largest absolute Gasteiger partial charge is 0.497 e. The second-order valence-electron chi connectivity index (χ2n) is 6.03. The lowest BCUT2D eigenvalue weighted by Crippen LogP contribution is -2.60. The maximum absolute atomic E-state index is 12.2. The number of rotatable bonds is 5. The van der Waals surface area contributed by atoms with E-state index in [-0.39, 0.29) is 11.9 Å². The predicted molar refractivity (Wildman–Crippen MR) is 98.3 cm³/mol. The highest BCUT2D eigenvalue weighted by molar-refractivity contribution is 7.17. The third kappa shape index (κ3) is 3.28. The van der Waals surface area contributed by atoms with Gasteiger partial charge in [-0.15, -0.1) is 11.3 Å². The van der Waals surface area contributed by atoms with E-state index in [0.717, 1.165) is 40.4 Å². The Morgan fingerprint density at radius 3 is 3.08 bits per heavy atom. The van der Waals surface area contributed by atoms with Crippen molar-refractivity contribution in [2.45, 2.75) is 12.5 Å². The zero-order valence-electron chi connectivity index (χ0n) is 13.8. The number of benzene rings is 1. The summed E-state index contributed by atoms with van der Waals surface area (Å²) < 4.78 is 6.29. The molecule has 1 aliphatic rings. The second-order valence-corrected chi connectivity index (χ2v) is 6.95. The molecule has 1 aromatic carbocycles. The van der Waals surface area contributed by atoms with E-state index in [1.165, 1.54) is 0 Å². The summed E-state index contributed by atoms with van der Waals surface area (Å²) in [6.45, 7) is 1.54. The van der Waals surface area contributed by atoms with Gasteiger partial charge in [0.25, 0.3) is 0 Å².